The maximum Gasteiger partial charge on any atom is 0.303 e. The molecule has 0 radical (unpaired) electrons. The Morgan fingerprint density at radius 3 is 1.60 bits per heavy atom. The first-order chi connectivity index (χ1) is 9.33. The van der Waals surface area contributed by atoms with Crippen LogP contribution in [-0.4, -0.2) is 43.2 Å². The summed E-state index contributed by atoms with van der Waals surface area (Å²) < 4.78 is 1.12. The fourth-order valence-corrected chi connectivity index (χ4v) is 1.87. The van der Waals surface area contributed by atoms with Crippen molar-refractivity contribution in [1.29, 1.82) is 0 Å². The molecule has 0 fully saturated rings. The van der Waals surface area contributed by atoms with Gasteiger partial charge in [-0.3, -0.25) is 4.79 Å². The van der Waals surface area contributed by atoms with E-state index in [9.17, 15) is 4.79 Å². The summed E-state index contributed by atoms with van der Waals surface area (Å²) in [6.45, 7) is 5.58. The molecule has 0 atom stereocenters. The van der Waals surface area contributed by atoms with Crippen molar-refractivity contribution in [2.75, 3.05) is 27.7 Å². The molecular formula is C17H38NO2+. The van der Waals surface area contributed by atoms with Crippen LogP contribution in [0.5, 0.6) is 0 Å². The van der Waals surface area contributed by atoms with Crippen LogP contribution in [0.25, 0.3) is 0 Å². The third-order valence-corrected chi connectivity index (χ3v) is 3.18. The zero-order valence-corrected chi connectivity index (χ0v) is 14.6. The smallest absolute Gasteiger partial charge is 0.303 e. The zero-order valence-electron chi connectivity index (χ0n) is 14.6. The van der Waals surface area contributed by atoms with Gasteiger partial charge in [0, 0.05) is 6.42 Å². The van der Waals surface area contributed by atoms with Gasteiger partial charge < -0.3 is 9.59 Å². The number of carboxylic acids is 1. The number of aliphatic carboxylic acids is 1. The lowest BCUT2D eigenvalue weighted by molar-refractivity contribution is -0.870. The third kappa shape index (κ3) is 26.1. The summed E-state index contributed by atoms with van der Waals surface area (Å²) in [6.07, 6.45) is 12.0. The summed E-state index contributed by atoms with van der Waals surface area (Å²) in [7, 11) is 6.82. The van der Waals surface area contributed by atoms with E-state index in [1.54, 1.807) is 0 Å². The maximum atomic E-state index is 9.76. The average molecular weight is 288 g/mol. The highest BCUT2D eigenvalue weighted by atomic mass is 16.4. The molecule has 0 saturated carbocycles. The summed E-state index contributed by atoms with van der Waals surface area (Å²) >= 11 is 0. The Morgan fingerprint density at radius 2 is 1.25 bits per heavy atom. The largest absolute Gasteiger partial charge is 0.481 e. The van der Waals surface area contributed by atoms with Crippen molar-refractivity contribution in [1.82, 2.24) is 0 Å². The average Bonchev–Trinajstić information content (AvgIpc) is 2.34. The van der Waals surface area contributed by atoms with Gasteiger partial charge in [-0.2, -0.15) is 0 Å². The van der Waals surface area contributed by atoms with E-state index in [1.807, 2.05) is 6.92 Å². The number of nitrogens with zero attached hydrogens (tertiary/aromatic N) is 1. The number of carbonyl (C=O) groups is 1. The van der Waals surface area contributed by atoms with Crippen LogP contribution in [0.1, 0.15) is 78.1 Å². The summed E-state index contributed by atoms with van der Waals surface area (Å²) in [4.78, 5) is 9.76. The molecule has 0 amide bonds. The molecule has 0 bridgehead atoms. The van der Waals surface area contributed by atoms with Gasteiger partial charge in [0.15, 0.2) is 0 Å². The molecule has 1 N–H and O–H groups in total. The SMILES string of the molecule is CCCCC(=O)O.CCCCCCCCC[N+](C)(C)C. The van der Waals surface area contributed by atoms with Crippen LogP contribution >= 0.6 is 0 Å². The van der Waals surface area contributed by atoms with Crippen molar-refractivity contribution in [3.8, 4) is 0 Å². The van der Waals surface area contributed by atoms with Crippen LogP contribution in [-0.2, 0) is 4.79 Å². The quantitative estimate of drug-likeness (QED) is 0.442. The third-order valence-electron chi connectivity index (χ3n) is 3.18. The highest BCUT2D eigenvalue weighted by Gasteiger charge is 2.04. The van der Waals surface area contributed by atoms with Gasteiger partial charge in [-0.25, -0.2) is 0 Å². The van der Waals surface area contributed by atoms with Gasteiger partial charge in [0.1, 0.15) is 0 Å². The first-order valence-electron chi connectivity index (χ1n) is 8.35. The van der Waals surface area contributed by atoms with E-state index in [0.717, 1.165) is 17.3 Å². The van der Waals surface area contributed by atoms with E-state index in [2.05, 4.69) is 28.1 Å². The molecule has 0 rings (SSSR count). The van der Waals surface area contributed by atoms with Crippen molar-refractivity contribution in [2.45, 2.75) is 78.1 Å². The van der Waals surface area contributed by atoms with E-state index < -0.39 is 5.97 Å². The molecule has 0 spiro atoms. The fourth-order valence-electron chi connectivity index (χ4n) is 1.87. The lowest BCUT2D eigenvalue weighted by atomic mass is 10.1. The number of hydrogen-bond donors (Lipinski definition) is 1. The molecule has 122 valence electrons. The summed E-state index contributed by atoms with van der Waals surface area (Å²) in [6, 6.07) is 0. The highest BCUT2D eigenvalue weighted by molar-refractivity contribution is 5.66. The minimum atomic E-state index is -0.693. The van der Waals surface area contributed by atoms with Gasteiger partial charge in [0.2, 0.25) is 0 Å². The molecule has 0 saturated heterocycles. The van der Waals surface area contributed by atoms with Crippen LogP contribution in [0.4, 0.5) is 0 Å². The van der Waals surface area contributed by atoms with Gasteiger partial charge in [0.25, 0.3) is 0 Å². The van der Waals surface area contributed by atoms with Gasteiger partial charge in [0.05, 0.1) is 27.7 Å². The van der Waals surface area contributed by atoms with Crippen molar-refractivity contribution in [2.24, 2.45) is 0 Å². The Balaban J connectivity index is 0. The predicted molar refractivity (Wildman–Crippen MR) is 88.1 cm³/mol. The molecule has 0 aliphatic rings. The summed E-state index contributed by atoms with van der Waals surface area (Å²) in [5.74, 6) is -0.693. The fraction of sp³-hybridized carbons (Fsp3) is 0.941. The first-order valence-corrected chi connectivity index (χ1v) is 8.35. The van der Waals surface area contributed by atoms with Crippen molar-refractivity contribution in [3.63, 3.8) is 0 Å². The number of quaternary nitrogens is 1. The van der Waals surface area contributed by atoms with E-state index in [0.29, 0.717) is 6.42 Å². The minimum absolute atomic E-state index is 0.316. The molecule has 20 heavy (non-hydrogen) atoms. The van der Waals surface area contributed by atoms with Crippen LogP contribution < -0.4 is 0 Å². The minimum Gasteiger partial charge on any atom is -0.481 e. The Labute approximate surface area is 127 Å². The van der Waals surface area contributed by atoms with E-state index in [4.69, 9.17) is 5.11 Å². The van der Waals surface area contributed by atoms with E-state index >= 15 is 0 Å². The van der Waals surface area contributed by atoms with Gasteiger partial charge in [-0.05, 0) is 19.3 Å². The molecule has 3 heteroatoms. The highest BCUT2D eigenvalue weighted by Crippen LogP contribution is 2.07. The van der Waals surface area contributed by atoms with Crippen LogP contribution in [0.15, 0.2) is 0 Å². The van der Waals surface area contributed by atoms with Crippen LogP contribution in [0.3, 0.4) is 0 Å². The Kier molecular flexibility index (Phi) is 16.1. The standard InChI is InChI=1S/C12H28N.C5H10O2/c1-5-6-7-8-9-10-11-12-13(2,3)4;1-2-3-4-5(6)7/h5-12H2,1-4H3;2-4H2,1H3,(H,6,7)/q+1;. The number of unbranched alkanes of at least 4 members (excludes halogenated alkanes) is 7. The topological polar surface area (TPSA) is 37.3 Å². The zero-order chi connectivity index (χ0) is 15.9. The Bertz CT molecular complexity index is 210. The van der Waals surface area contributed by atoms with Gasteiger partial charge >= 0.3 is 5.97 Å². The Morgan fingerprint density at radius 1 is 0.800 bits per heavy atom. The van der Waals surface area contributed by atoms with Gasteiger partial charge in [-0.1, -0.05) is 52.4 Å². The summed E-state index contributed by atoms with van der Waals surface area (Å²) in [5.41, 5.74) is 0. The second kappa shape index (κ2) is 14.8. The lowest BCUT2D eigenvalue weighted by Crippen LogP contribution is -2.35. The normalized spacial score (nSPS) is 10.8. The maximum absolute atomic E-state index is 9.76. The van der Waals surface area contributed by atoms with E-state index in [1.165, 1.54) is 51.5 Å². The second-order valence-corrected chi connectivity index (χ2v) is 6.63. The lowest BCUT2D eigenvalue weighted by Gasteiger charge is -2.23. The molecule has 0 aromatic rings. The second-order valence-electron chi connectivity index (χ2n) is 6.63. The van der Waals surface area contributed by atoms with Gasteiger partial charge in [-0.15, -0.1) is 0 Å². The monoisotopic (exact) mass is 288 g/mol. The molecular weight excluding hydrogens is 250 g/mol. The first kappa shape index (κ1) is 21.7. The predicted octanol–water partition coefficient (Wildman–Crippen LogP) is 4.70. The van der Waals surface area contributed by atoms with Crippen molar-refractivity contribution in [3.05, 3.63) is 0 Å². The van der Waals surface area contributed by atoms with Crippen LogP contribution in [0.2, 0.25) is 0 Å². The molecule has 0 aliphatic heterocycles. The molecule has 0 aromatic heterocycles. The van der Waals surface area contributed by atoms with Crippen molar-refractivity contribution < 1.29 is 14.4 Å². The Hall–Kier alpha value is -0.570. The number of rotatable bonds is 11. The molecule has 0 aromatic carbocycles. The van der Waals surface area contributed by atoms with Crippen LogP contribution in [0, 0.1) is 0 Å². The summed E-state index contributed by atoms with van der Waals surface area (Å²) in [5, 5.41) is 8.04. The number of carboxylic acid groups (broad SMARTS) is 1. The van der Waals surface area contributed by atoms with E-state index in [-0.39, 0.29) is 0 Å². The molecule has 0 unspecified atom stereocenters. The molecule has 3 nitrogen and oxygen atoms in total. The molecule has 0 aliphatic carbocycles. The molecule has 0 heterocycles. The van der Waals surface area contributed by atoms with Crippen molar-refractivity contribution >= 4 is 5.97 Å². The number of hydrogen-bond acceptors (Lipinski definition) is 1.